The van der Waals surface area contributed by atoms with Crippen LogP contribution in [0.25, 0.3) is 0 Å². The third-order valence-electron chi connectivity index (χ3n) is 6.42. The number of carbonyl (C=O) groups excluding carboxylic acids is 3. The highest BCUT2D eigenvalue weighted by atomic mass is 16.7. The third-order valence-corrected chi connectivity index (χ3v) is 6.42. The molecular weight excluding hydrogens is 443 g/mol. The molecule has 4 unspecified atom stereocenters. The van der Waals surface area contributed by atoms with Gasteiger partial charge < -0.3 is 28.3 Å². The fourth-order valence-electron chi connectivity index (χ4n) is 4.00. The van der Waals surface area contributed by atoms with E-state index in [2.05, 4.69) is 0 Å². The smallest absolute Gasteiger partial charge is 0.463 e. The summed E-state index contributed by atoms with van der Waals surface area (Å²) in [6, 6.07) is 7.59. The van der Waals surface area contributed by atoms with E-state index < -0.39 is 60.6 Å². The maximum absolute atomic E-state index is 11.7. The normalized spacial score (nSPS) is 27.7. The van der Waals surface area contributed by atoms with E-state index in [4.69, 9.17) is 28.3 Å². The SMILES string of the molecule is CC(=O)OCC1OC(c2ccc(B3OC(C)(C)C(C)(C)O3)cc2)CC(OC(C)=O)C1OC(C)=O. The molecule has 1 aromatic rings. The molecule has 0 spiro atoms. The van der Waals surface area contributed by atoms with Crippen molar-refractivity contribution in [1.82, 2.24) is 0 Å². The standard InChI is InChI=1S/C24H33BO9/c1-14(26)29-13-21-22(31-16(3)28)20(30-15(2)27)12-19(32-21)17-8-10-18(11-9-17)25-33-23(4,5)24(6,7)34-25/h8-11,19-22H,12-13H2,1-7H3. The predicted molar refractivity (Wildman–Crippen MR) is 122 cm³/mol. The molecule has 1 aromatic carbocycles. The average molecular weight is 476 g/mol. The Balaban J connectivity index is 1.81. The van der Waals surface area contributed by atoms with Crippen LogP contribution < -0.4 is 5.46 Å². The molecule has 0 amide bonds. The molecule has 186 valence electrons. The van der Waals surface area contributed by atoms with E-state index in [-0.39, 0.29) is 13.0 Å². The minimum Gasteiger partial charge on any atom is -0.463 e. The van der Waals surface area contributed by atoms with Gasteiger partial charge in [0.15, 0.2) is 6.10 Å². The fourth-order valence-corrected chi connectivity index (χ4v) is 4.00. The fraction of sp³-hybridized carbons (Fsp3) is 0.625. The average Bonchev–Trinajstić information content (AvgIpc) is 2.94. The van der Waals surface area contributed by atoms with Crippen LogP contribution in [0.3, 0.4) is 0 Å². The summed E-state index contributed by atoms with van der Waals surface area (Å²) in [5.74, 6) is -1.56. The summed E-state index contributed by atoms with van der Waals surface area (Å²) in [6.45, 7) is 11.7. The number of rotatable bonds is 6. The number of hydrogen-bond donors (Lipinski definition) is 0. The summed E-state index contributed by atoms with van der Waals surface area (Å²) < 4.78 is 34.4. The van der Waals surface area contributed by atoms with Crippen molar-refractivity contribution in [2.75, 3.05) is 6.61 Å². The van der Waals surface area contributed by atoms with Gasteiger partial charge in [-0.05, 0) is 38.7 Å². The van der Waals surface area contributed by atoms with E-state index in [0.29, 0.717) is 0 Å². The van der Waals surface area contributed by atoms with Crippen molar-refractivity contribution < 1.29 is 42.6 Å². The Morgan fingerprint density at radius 3 is 1.97 bits per heavy atom. The zero-order valence-corrected chi connectivity index (χ0v) is 20.8. The molecule has 0 saturated carbocycles. The van der Waals surface area contributed by atoms with Gasteiger partial charge in [-0.3, -0.25) is 14.4 Å². The maximum Gasteiger partial charge on any atom is 0.494 e. The van der Waals surface area contributed by atoms with Crippen LogP contribution in [-0.4, -0.2) is 61.1 Å². The Kier molecular flexibility index (Phi) is 7.74. The lowest BCUT2D eigenvalue weighted by molar-refractivity contribution is -0.216. The van der Waals surface area contributed by atoms with Crippen molar-refractivity contribution in [2.45, 2.75) is 90.5 Å². The third kappa shape index (κ3) is 5.97. The van der Waals surface area contributed by atoms with E-state index in [1.165, 1.54) is 20.8 Å². The van der Waals surface area contributed by atoms with Gasteiger partial charge in [-0.1, -0.05) is 24.3 Å². The Morgan fingerprint density at radius 2 is 1.47 bits per heavy atom. The summed E-state index contributed by atoms with van der Waals surface area (Å²) in [6.07, 6.45) is -2.68. The summed E-state index contributed by atoms with van der Waals surface area (Å²) in [7, 11) is -0.495. The predicted octanol–water partition coefficient (Wildman–Crippen LogP) is 2.24. The molecule has 0 radical (unpaired) electrons. The summed E-state index contributed by atoms with van der Waals surface area (Å²) in [5.41, 5.74) is 0.793. The van der Waals surface area contributed by atoms with Gasteiger partial charge in [0.05, 0.1) is 17.3 Å². The van der Waals surface area contributed by atoms with Crippen molar-refractivity contribution in [3.63, 3.8) is 0 Å². The molecular formula is C24H33BO9. The van der Waals surface area contributed by atoms with E-state index in [0.717, 1.165) is 11.0 Å². The molecule has 34 heavy (non-hydrogen) atoms. The van der Waals surface area contributed by atoms with Crippen molar-refractivity contribution in [3.05, 3.63) is 29.8 Å². The number of benzene rings is 1. The maximum atomic E-state index is 11.7. The summed E-state index contributed by atoms with van der Waals surface area (Å²) in [5, 5.41) is 0. The topological polar surface area (TPSA) is 107 Å². The molecule has 0 aromatic heterocycles. The van der Waals surface area contributed by atoms with Gasteiger partial charge in [-0.2, -0.15) is 0 Å². The van der Waals surface area contributed by atoms with Crippen molar-refractivity contribution >= 4 is 30.5 Å². The van der Waals surface area contributed by atoms with Crippen LogP contribution >= 0.6 is 0 Å². The van der Waals surface area contributed by atoms with Crippen LogP contribution in [0.4, 0.5) is 0 Å². The lowest BCUT2D eigenvalue weighted by Gasteiger charge is -2.40. The highest BCUT2D eigenvalue weighted by molar-refractivity contribution is 6.62. The van der Waals surface area contributed by atoms with E-state index >= 15 is 0 Å². The van der Waals surface area contributed by atoms with Gasteiger partial charge in [0, 0.05) is 27.2 Å². The highest BCUT2D eigenvalue weighted by Gasteiger charge is 2.51. The molecule has 2 aliphatic heterocycles. The molecule has 0 bridgehead atoms. The van der Waals surface area contributed by atoms with Crippen LogP contribution in [0.2, 0.25) is 0 Å². The summed E-state index contributed by atoms with van der Waals surface area (Å²) in [4.78, 5) is 34.8. The minimum atomic E-state index is -0.902. The first-order valence-electron chi connectivity index (χ1n) is 11.4. The molecule has 0 aliphatic carbocycles. The Bertz CT molecular complexity index is 896. The molecule has 2 fully saturated rings. The van der Waals surface area contributed by atoms with Gasteiger partial charge in [-0.25, -0.2) is 0 Å². The van der Waals surface area contributed by atoms with Gasteiger partial charge in [-0.15, -0.1) is 0 Å². The number of carbonyl (C=O) groups is 3. The van der Waals surface area contributed by atoms with Gasteiger partial charge >= 0.3 is 25.0 Å². The first-order chi connectivity index (χ1) is 15.8. The van der Waals surface area contributed by atoms with Crippen LogP contribution in [0.1, 0.15) is 66.6 Å². The molecule has 2 saturated heterocycles. The van der Waals surface area contributed by atoms with Crippen molar-refractivity contribution in [1.29, 1.82) is 0 Å². The first kappa shape index (κ1) is 26.2. The minimum absolute atomic E-state index is 0.145. The molecule has 2 heterocycles. The largest absolute Gasteiger partial charge is 0.494 e. The second kappa shape index (κ2) is 10.1. The van der Waals surface area contributed by atoms with Crippen molar-refractivity contribution in [2.24, 2.45) is 0 Å². The second-order valence-corrected chi connectivity index (χ2v) is 9.68. The number of hydrogen-bond acceptors (Lipinski definition) is 9. The quantitative estimate of drug-likeness (QED) is 0.347. The monoisotopic (exact) mass is 476 g/mol. The Labute approximate surface area is 200 Å². The molecule has 3 rings (SSSR count). The van der Waals surface area contributed by atoms with E-state index in [1.807, 2.05) is 52.0 Å². The van der Waals surface area contributed by atoms with Gasteiger partial charge in [0.1, 0.15) is 18.8 Å². The molecule has 2 aliphatic rings. The zero-order valence-electron chi connectivity index (χ0n) is 20.8. The molecule has 9 nitrogen and oxygen atoms in total. The molecule has 4 atom stereocenters. The Morgan fingerprint density at radius 1 is 0.912 bits per heavy atom. The summed E-state index contributed by atoms with van der Waals surface area (Å²) >= 11 is 0. The Hall–Kier alpha value is -2.43. The second-order valence-electron chi connectivity index (χ2n) is 9.68. The van der Waals surface area contributed by atoms with Crippen molar-refractivity contribution in [3.8, 4) is 0 Å². The lowest BCUT2D eigenvalue weighted by atomic mass is 9.78. The van der Waals surface area contributed by atoms with E-state index in [1.54, 1.807) is 0 Å². The van der Waals surface area contributed by atoms with Crippen LogP contribution in [0.15, 0.2) is 24.3 Å². The molecule has 0 N–H and O–H groups in total. The number of ether oxygens (including phenoxy) is 4. The number of esters is 3. The first-order valence-corrected chi connectivity index (χ1v) is 11.4. The highest BCUT2D eigenvalue weighted by Crippen LogP contribution is 2.37. The van der Waals surface area contributed by atoms with Crippen LogP contribution in [-0.2, 0) is 42.6 Å². The van der Waals surface area contributed by atoms with Gasteiger partial charge in [0.25, 0.3) is 0 Å². The molecule has 10 heteroatoms. The van der Waals surface area contributed by atoms with Crippen LogP contribution in [0.5, 0.6) is 0 Å². The zero-order chi connectivity index (χ0) is 25.3. The van der Waals surface area contributed by atoms with Crippen LogP contribution in [0, 0.1) is 0 Å². The van der Waals surface area contributed by atoms with E-state index in [9.17, 15) is 14.4 Å². The lowest BCUT2D eigenvalue weighted by Crippen LogP contribution is -2.51. The van der Waals surface area contributed by atoms with Gasteiger partial charge in [0.2, 0.25) is 0 Å².